The number of carboxylic acid groups (broad SMARTS) is 1. The standard InChI is InChI=1S/C23H18N4O7S/c1-32-14-8-11(9-15(33-2)18(14)34-3)20-24-23-27(25-20)22(31)19(35-23)17-12-6-4-5-7-13(12)26(21(17)30)10-16(28)29/h4-9H,10H2,1-3H3,(H,28,29)/b19-17-. The van der Waals surface area contributed by atoms with Crippen molar-refractivity contribution >= 4 is 39.4 Å². The normalized spacial score (nSPS) is 14.4. The molecular weight excluding hydrogens is 476 g/mol. The van der Waals surface area contributed by atoms with Crippen molar-refractivity contribution in [3.63, 3.8) is 0 Å². The fourth-order valence-electron chi connectivity index (χ4n) is 4.01. The maximum absolute atomic E-state index is 13.3. The number of para-hydroxylation sites is 1. The van der Waals surface area contributed by atoms with E-state index >= 15 is 0 Å². The van der Waals surface area contributed by atoms with Gasteiger partial charge in [0.25, 0.3) is 11.5 Å². The number of carboxylic acids is 1. The Morgan fingerprint density at radius 2 is 1.74 bits per heavy atom. The number of aliphatic carboxylic acids is 1. The average molecular weight is 494 g/mol. The van der Waals surface area contributed by atoms with Crippen molar-refractivity contribution < 1.29 is 28.9 Å². The number of hydrogen-bond donors (Lipinski definition) is 1. The number of benzene rings is 2. The van der Waals surface area contributed by atoms with Gasteiger partial charge in [-0.15, -0.1) is 5.10 Å². The molecule has 2 aromatic heterocycles. The second-order valence-corrected chi connectivity index (χ2v) is 8.43. The van der Waals surface area contributed by atoms with E-state index in [4.69, 9.17) is 14.2 Å². The number of carbonyl (C=O) groups excluding carboxylic acids is 1. The molecule has 2 aromatic carbocycles. The molecule has 12 heteroatoms. The Kier molecular flexibility index (Phi) is 5.36. The van der Waals surface area contributed by atoms with E-state index in [2.05, 4.69) is 10.1 Å². The largest absolute Gasteiger partial charge is 0.493 e. The predicted molar refractivity (Wildman–Crippen MR) is 126 cm³/mol. The SMILES string of the molecule is COc1cc(-c2nc3s/c(=C4\C(=O)N(CC(=O)O)c5ccccc54)c(=O)n3n2)cc(OC)c1OC. The highest BCUT2D eigenvalue weighted by molar-refractivity contribution is 7.15. The minimum absolute atomic E-state index is 0.137. The van der Waals surface area contributed by atoms with Gasteiger partial charge in [0.2, 0.25) is 10.7 Å². The molecule has 11 nitrogen and oxygen atoms in total. The van der Waals surface area contributed by atoms with E-state index in [1.54, 1.807) is 36.4 Å². The minimum Gasteiger partial charge on any atom is -0.493 e. The van der Waals surface area contributed by atoms with Gasteiger partial charge in [-0.1, -0.05) is 29.5 Å². The van der Waals surface area contributed by atoms with Crippen LogP contribution in [0.4, 0.5) is 5.69 Å². The first-order chi connectivity index (χ1) is 16.9. The third-order valence-electron chi connectivity index (χ3n) is 5.52. The molecule has 0 unspecified atom stereocenters. The maximum Gasteiger partial charge on any atom is 0.323 e. The lowest BCUT2D eigenvalue weighted by Gasteiger charge is -2.13. The Bertz CT molecular complexity index is 1600. The summed E-state index contributed by atoms with van der Waals surface area (Å²) in [6.07, 6.45) is 0. The van der Waals surface area contributed by atoms with E-state index in [-0.39, 0.29) is 20.9 Å². The van der Waals surface area contributed by atoms with Crippen LogP contribution < -0.4 is 29.2 Å². The van der Waals surface area contributed by atoms with Crippen LogP contribution in [0.2, 0.25) is 0 Å². The summed E-state index contributed by atoms with van der Waals surface area (Å²) in [5.74, 6) is -0.230. The van der Waals surface area contributed by atoms with Crippen molar-refractivity contribution in [3.8, 4) is 28.6 Å². The van der Waals surface area contributed by atoms with Gasteiger partial charge in [-0.25, -0.2) is 0 Å². The van der Waals surface area contributed by atoms with Gasteiger partial charge in [-0.2, -0.15) is 9.50 Å². The van der Waals surface area contributed by atoms with Gasteiger partial charge in [0.05, 0.1) is 32.6 Å². The molecule has 0 atom stereocenters. The molecule has 0 saturated heterocycles. The van der Waals surface area contributed by atoms with E-state index in [1.807, 2.05) is 0 Å². The van der Waals surface area contributed by atoms with Gasteiger partial charge in [0.1, 0.15) is 11.1 Å². The number of anilines is 1. The number of amides is 1. The van der Waals surface area contributed by atoms with Crippen LogP contribution in [-0.2, 0) is 9.59 Å². The summed E-state index contributed by atoms with van der Waals surface area (Å²) in [5, 5.41) is 13.6. The second kappa shape index (κ2) is 8.40. The van der Waals surface area contributed by atoms with Crippen LogP contribution in [0.25, 0.3) is 21.9 Å². The number of thiazole rings is 1. The number of rotatable bonds is 6. The van der Waals surface area contributed by atoms with Crippen molar-refractivity contribution in [1.82, 2.24) is 14.6 Å². The Balaban J connectivity index is 1.68. The van der Waals surface area contributed by atoms with Crippen LogP contribution >= 0.6 is 11.3 Å². The molecule has 4 aromatic rings. The number of carbonyl (C=O) groups is 2. The van der Waals surface area contributed by atoms with Crippen LogP contribution in [0, 0.1) is 0 Å². The molecule has 1 aliphatic rings. The molecule has 35 heavy (non-hydrogen) atoms. The highest BCUT2D eigenvalue weighted by Crippen LogP contribution is 2.40. The van der Waals surface area contributed by atoms with E-state index in [9.17, 15) is 19.5 Å². The van der Waals surface area contributed by atoms with E-state index in [0.29, 0.717) is 34.1 Å². The monoisotopic (exact) mass is 494 g/mol. The molecule has 1 amide bonds. The maximum atomic E-state index is 13.3. The number of ether oxygens (including phenoxy) is 3. The highest BCUT2D eigenvalue weighted by atomic mass is 32.1. The van der Waals surface area contributed by atoms with Crippen molar-refractivity contribution in [2.45, 2.75) is 0 Å². The minimum atomic E-state index is -1.16. The molecular formula is C23H18N4O7S. The summed E-state index contributed by atoms with van der Waals surface area (Å²) in [6, 6.07) is 10.1. The Morgan fingerprint density at radius 3 is 2.34 bits per heavy atom. The van der Waals surface area contributed by atoms with Crippen molar-refractivity contribution in [1.29, 1.82) is 0 Å². The lowest BCUT2D eigenvalue weighted by molar-refractivity contribution is -0.136. The highest BCUT2D eigenvalue weighted by Gasteiger charge is 2.35. The molecule has 0 bridgehead atoms. The average Bonchev–Trinajstić information content (AvgIpc) is 3.49. The van der Waals surface area contributed by atoms with E-state index < -0.39 is 24.0 Å². The number of hydrogen-bond acceptors (Lipinski definition) is 9. The molecule has 178 valence electrons. The number of aromatic nitrogens is 3. The molecule has 0 saturated carbocycles. The number of fused-ring (bicyclic) bond motifs is 2. The van der Waals surface area contributed by atoms with Gasteiger partial charge in [0, 0.05) is 11.1 Å². The molecule has 0 spiro atoms. The van der Waals surface area contributed by atoms with Crippen molar-refractivity contribution in [2.75, 3.05) is 32.8 Å². The van der Waals surface area contributed by atoms with Crippen LogP contribution in [0.1, 0.15) is 5.56 Å². The van der Waals surface area contributed by atoms with Gasteiger partial charge in [-0.3, -0.25) is 19.3 Å². The summed E-state index contributed by atoms with van der Waals surface area (Å²) in [4.78, 5) is 43.6. The summed E-state index contributed by atoms with van der Waals surface area (Å²) < 4.78 is 17.4. The third kappa shape index (κ3) is 3.46. The molecule has 0 radical (unpaired) electrons. The zero-order valence-corrected chi connectivity index (χ0v) is 19.6. The number of methoxy groups -OCH3 is 3. The van der Waals surface area contributed by atoms with Gasteiger partial charge in [0.15, 0.2) is 17.3 Å². The molecule has 3 heterocycles. The first-order valence-electron chi connectivity index (χ1n) is 10.2. The summed E-state index contributed by atoms with van der Waals surface area (Å²) in [5.41, 5.74) is 1.08. The first kappa shape index (κ1) is 22.3. The fraction of sp³-hybridized carbons (Fsp3) is 0.174. The quantitative estimate of drug-likeness (QED) is 0.420. The predicted octanol–water partition coefficient (Wildman–Crippen LogP) is 1.19. The molecule has 1 N–H and O–H groups in total. The van der Waals surface area contributed by atoms with E-state index in [0.717, 1.165) is 20.8 Å². The smallest absolute Gasteiger partial charge is 0.323 e. The zero-order chi connectivity index (χ0) is 24.9. The lowest BCUT2D eigenvalue weighted by atomic mass is 10.1. The molecule has 5 rings (SSSR count). The Morgan fingerprint density at radius 1 is 1.06 bits per heavy atom. The lowest BCUT2D eigenvalue weighted by Crippen LogP contribution is -2.35. The van der Waals surface area contributed by atoms with Gasteiger partial charge < -0.3 is 19.3 Å². The van der Waals surface area contributed by atoms with Gasteiger partial charge >= 0.3 is 5.97 Å². The molecule has 1 aliphatic heterocycles. The van der Waals surface area contributed by atoms with Crippen molar-refractivity contribution in [2.24, 2.45) is 0 Å². The van der Waals surface area contributed by atoms with Gasteiger partial charge in [-0.05, 0) is 18.2 Å². The molecule has 0 aliphatic carbocycles. The van der Waals surface area contributed by atoms with Crippen molar-refractivity contribution in [3.05, 3.63) is 56.8 Å². The Labute approximate surface area is 201 Å². The summed E-state index contributed by atoms with van der Waals surface area (Å²) in [6.45, 7) is -0.514. The first-order valence-corrected chi connectivity index (χ1v) is 11.1. The van der Waals surface area contributed by atoms with Crippen LogP contribution in [-0.4, -0.2) is 59.5 Å². The molecule has 0 fully saturated rings. The zero-order valence-electron chi connectivity index (χ0n) is 18.8. The van der Waals surface area contributed by atoms with E-state index in [1.165, 1.54) is 21.3 Å². The summed E-state index contributed by atoms with van der Waals surface area (Å²) >= 11 is 1.01. The second-order valence-electron chi connectivity index (χ2n) is 7.46. The third-order valence-corrected chi connectivity index (χ3v) is 6.55. The fourth-order valence-corrected chi connectivity index (χ4v) is 5.01. The topological polar surface area (TPSA) is 133 Å². The summed E-state index contributed by atoms with van der Waals surface area (Å²) in [7, 11) is 4.47. The van der Waals surface area contributed by atoms with Crippen LogP contribution in [0.5, 0.6) is 17.2 Å². The Hall–Kier alpha value is -4.45. The van der Waals surface area contributed by atoms with Crippen LogP contribution in [0.15, 0.2) is 41.2 Å². The van der Waals surface area contributed by atoms with Crippen LogP contribution in [0.3, 0.4) is 0 Å². The number of nitrogens with zero attached hydrogens (tertiary/aromatic N) is 4.